The summed E-state index contributed by atoms with van der Waals surface area (Å²) in [6, 6.07) is 6.95. The molecule has 1 unspecified atom stereocenters. The zero-order valence-electron chi connectivity index (χ0n) is 19.6. The molecule has 8 nitrogen and oxygen atoms in total. The molecule has 35 heavy (non-hydrogen) atoms. The molecular weight excluding hydrogens is 497 g/mol. The van der Waals surface area contributed by atoms with Gasteiger partial charge in [-0.2, -0.15) is 0 Å². The monoisotopic (exact) mass is 525 g/mol. The number of anilines is 1. The summed E-state index contributed by atoms with van der Waals surface area (Å²) in [5.41, 5.74) is 9.88. The Balaban J connectivity index is 0.00000342. The van der Waals surface area contributed by atoms with Crippen molar-refractivity contribution in [2.75, 3.05) is 18.9 Å². The molecule has 0 aromatic heterocycles. The van der Waals surface area contributed by atoms with E-state index in [1.165, 1.54) is 0 Å². The van der Waals surface area contributed by atoms with Gasteiger partial charge in [-0.3, -0.25) is 0 Å². The standard InChI is InChI=1S/C25H28ClNO7.ClH/c1-3-31-23(29)25(24(30)32-4-2)33-21-18(13-19(28)14-8-7-9-15(26)12-14)16-10-5-6-11-17(16)20(27)22(21)34-25;/h7-9,12,19,28H,3-6,10-11,13,27H2,1-2H3;1H. The highest BCUT2D eigenvalue weighted by molar-refractivity contribution is 6.30. The maximum Gasteiger partial charge on any atom is 0.453 e. The second kappa shape index (κ2) is 10.9. The Hall–Kier alpha value is -2.68. The van der Waals surface area contributed by atoms with Gasteiger partial charge < -0.3 is 29.8 Å². The van der Waals surface area contributed by atoms with Crippen LogP contribution < -0.4 is 15.2 Å². The first-order valence-corrected chi connectivity index (χ1v) is 11.8. The number of nitrogens with two attached hydrogens (primary N) is 1. The predicted octanol–water partition coefficient (Wildman–Crippen LogP) is 4.09. The first-order chi connectivity index (χ1) is 16.3. The molecule has 1 heterocycles. The van der Waals surface area contributed by atoms with Crippen LogP contribution in [0.15, 0.2) is 24.3 Å². The molecule has 2 aromatic carbocycles. The van der Waals surface area contributed by atoms with Gasteiger partial charge in [0, 0.05) is 17.0 Å². The molecular formula is C25H29Cl2NO7. The fourth-order valence-electron chi connectivity index (χ4n) is 4.53. The molecule has 10 heteroatoms. The molecule has 0 amide bonds. The lowest BCUT2D eigenvalue weighted by Gasteiger charge is -2.24. The number of nitrogen functional groups attached to an aromatic ring is 1. The minimum Gasteiger partial charge on any atom is -0.460 e. The van der Waals surface area contributed by atoms with E-state index in [4.69, 9.17) is 36.3 Å². The van der Waals surface area contributed by atoms with E-state index >= 15 is 0 Å². The summed E-state index contributed by atoms with van der Waals surface area (Å²) in [6.07, 6.45) is 2.54. The number of benzene rings is 2. The molecule has 1 aliphatic carbocycles. The van der Waals surface area contributed by atoms with Crippen molar-refractivity contribution in [2.24, 2.45) is 0 Å². The van der Waals surface area contributed by atoms with Gasteiger partial charge in [0.2, 0.25) is 0 Å². The van der Waals surface area contributed by atoms with Gasteiger partial charge in [0.15, 0.2) is 11.5 Å². The fourth-order valence-corrected chi connectivity index (χ4v) is 4.73. The van der Waals surface area contributed by atoms with E-state index in [0.29, 0.717) is 28.3 Å². The number of carbonyl (C=O) groups excluding carboxylic acids is 2. The number of hydrogen-bond donors (Lipinski definition) is 2. The SMILES string of the molecule is CCOC(=O)C1(C(=O)OCC)Oc2c(N)c3c(c(CC(O)c4cccc(Cl)c4)c2O1)CCCC3.Cl. The van der Waals surface area contributed by atoms with Crippen LogP contribution in [0, 0.1) is 0 Å². The van der Waals surface area contributed by atoms with Crippen molar-refractivity contribution in [3.63, 3.8) is 0 Å². The summed E-state index contributed by atoms with van der Waals surface area (Å²) in [7, 11) is 0. The van der Waals surface area contributed by atoms with Gasteiger partial charge in [0.25, 0.3) is 0 Å². The minimum atomic E-state index is -2.46. The van der Waals surface area contributed by atoms with E-state index in [0.717, 1.165) is 30.4 Å². The summed E-state index contributed by atoms with van der Waals surface area (Å²) in [5.74, 6) is -4.26. The number of aliphatic hydroxyl groups is 1. The molecule has 4 rings (SSSR count). The Morgan fingerprint density at radius 3 is 2.29 bits per heavy atom. The van der Waals surface area contributed by atoms with Gasteiger partial charge in [-0.05, 0) is 68.4 Å². The van der Waals surface area contributed by atoms with Crippen molar-refractivity contribution in [2.45, 2.75) is 57.8 Å². The van der Waals surface area contributed by atoms with Crippen LogP contribution in [0.4, 0.5) is 5.69 Å². The van der Waals surface area contributed by atoms with Crippen molar-refractivity contribution >= 4 is 41.6 Å². The third kappa shape index (κ3) is 4.87. The van der Waals surface area contributed by atoms with Crippen molar-refractivity contribution in [1.82, 2.24) is 0 Å². The molecule has 1 aliphatic heterocycles. The molecule has 1 atom stereocenters. The van der Waals surface area contributed by atoms with Crippen LogP contribution in [-0.4, -0.2) is 36.0 Å². The molecule has 190 valence electrons. The second-order valence-corrected chi connectivity index (χ2v) is 8.69. The number of rotatable bonds is 7. The third-order valence-electron chi connectivity index (χ3n) is 6.09. The van der Waals surface area contributed by atoms with Crippen LogP contribution in [0.2, 0.25) is 5.02 Å². The summed E-state index contributed by atoms with van der Waals surface area (Å²) in [4.78, 5) is 25.8. The quantitative estimate of drug-likeness (QED) is 0.315. The average Bonchev–Trinajstić information content (AvgIpc) is 3.24. The van der Waals surface area contributed by atoms with Crippen LogP contribution in [0.1, 0.15) is 55.0 Å². The molecule has 0 saturated heterocycles. The Labute approximate surface area is 215 Å². The lowest BCUT2D eigenvalue weighted by molar-refractivity contribution is -0.202. The van der Waals surface area contributed by atoms with Crippen LogP contribution in [0.3, 0.4) is 0 Å². The molecule has 2 aromatic rings. The zero-order chi connectivity index (χ0) is 24.5. The van der Waals surface area contributed by atoms with E-state index < -0.39 is 23.8 Å². The number of hydrogen-bond acceptors (Lipinski definition) is 8. The molecule has 2 aliphatic rings. The number of carbonyl (C=O) groups is 2. The predicted molar refractivity (Wildman–Crippen MR) is 132 cm³/mol. The Morgan fingerprint density at radius 1 is 1.09 bits per heavy atom. The summed E-state index contributed by atoms with van der Waals surface area (Å²) in [5, 5.41) is 11.6. The van der Waals surface area contributed by atoms with E-state index in [9.17, 15) is 14.7 Å². The van der Waals surface area contributed by atoms with E-state index in [1.54, 1.807) is 38.1 Å². The normalized spacial score (nSPS) is 16.0. The van der Waals surface area contributed by atoms with Crippen LogP contribution >= 0.6 is 24.0 Å². The fraction of sp³-hybridized carbons (Fsp3) is 0.440. The number of fused-ring (bicyclic) bond motifs is 2. The average molecular weight is 526 g/mol. The number of halogens is 2. The highest BCUT2D eigenvalue weighted by Gasteiger charge is 2.61. The van der Waals surface area contributed by atoms with Crippen molar-refractivity contribution in [3.05, 3.63) is 51.5 Å². The Morgan fingerprint density at radius 2 is 1.69 bits per heavy atom. The van der Waals surface area contributed by atoms with Crippen molar-refractivity contribution in [3.8, 4) is 11.5 Å². The molecule has 0 saturated carbocycles. The Bertz CT molecular complexity index is 1100. The maximum atomic E-state index is 12.9. The Kier molecular flexibility index (Phi) is 8.41. The van der Waals surface area contributed by atoms with Gasteiger partial charge in [-0.15, -0.1) is 12.4 Å². The summed E-state index contributed by atoms with van der Waals surface area (Å²) in [6.45, 7) is 3.24. The maximum absolute atomic E-state index is 12.9. The third-order valence-corrected chi connectivity index (χ3v) is 6.33. The largest absolute Gasteiger partial charge is 0.460 e. The lowest BCUT2D eigenvalue weighted by atomic mass is 9.84. The highest BCUT2D eigenvalue weighted by Crippen LogP contribution is 2.52. The van der Waals surface area contributed by atoms with E-state index in [2.05, 4.69) is 0 Å². The molecule has 0 spiro atoms. The van der Waals surface area contributed by atoms with Gasteiger partial charge in [-0.25, -0.2) is 9.59 Å². The molecule has 0 radical (unpaired) electrons. The lowest BCUT2D eigenvalue weighted by Crippen LogP contribution is -2.56. The van der Waals surface area contributed by atoms with Gasteiger partial charge in [-0.1, -0.05) is 23.7 Å². The van der Waals surface area contributed by atoms with E-state index in [-0.39, 0.29) is 43.5 Å². The van der Waals surface area contributed by atoms with Crippen LogP contribution in [0.5, 0.6) is 11.5 Å². The first kappa shape index (κ1) is 26.9. The molecule has 3 N–H and O–H groups in total. The van der Waals surface area contributed by atoms with Crippen LogP contribution in [0.25, 0.3) is 0 Å². The van der Waals surface area contributed by atoms with Gasteiger partial charge in [0.1, 0.15) is 0 Å². The highest BCUT2D eigenvalue weighted by atomic mass is 35.5. The second-order valence-electron chi connectivity index (χ2n) is 8.25. The number of ether oxygens (including phenoxy) is 4. The van der Waals surface area contributed by atoms with Gasteiger partial charge >= 0.3 is 17.7 Å². The smallest absolute Gasteiger partial charge is 0.453 e. The molecule has 0 fully saturated rings. The minimum absolute atomic E-state index is 0. The first-order valence-electron chi connectivity index (χ1n) is 11.4. The topological polar surface area (TPSA) is 117 Å². The number of aliphatic hydroxyl groups excluding tert-OH is 1. The van der Waals surface area contributed by atoms with E-state index in [1.807, 2.05) is 0 Å². The van der Waals surface area contributed by atoms with Crippen molar-refractivity contribution in [1.29, 1.82) is 0 Å². The number of esters is 2. The molecule has 0 bridgehead atoms. The zero-order valence-corrected chi connectivity index (χ0v) is 21.2. The van der Waals surface area contributed by atoms with Crippen molar-refractivity contribution < 1.29 is 33.6 Å². The van der Waals surface area contributed by atoms with Crippen LogP contribution in [-0.2, 0) is 38.3 Å². The summed E-state index contributed by atoms with van der Waals surface area (Å²) >= 11 is 6.11. The summed E-state index contributed by atoms with van der Waals surface area (Å²) < 4.78 is 22.0. The van der Waals surface area contributed by atoms with Gasteiger partial charge in [0.05, 0.1) is 25.0 Å².